The van der Waals surface area contributed by atoms with Crippen molar-refractivity contribution in [3.05, 3.63) is 47.2 Å². The van der Waals surface area contributed by atoms with Crippen molar-refractivity contribution in [1.82, 2.24) is 15.0 Å². The van der Waals surface area contributed by atoms with Crippen LogP contribution in [0.2, 0.25) is 5.02 Å². The molecule has 0 saturated heterocycles. The maximum atomic E-state index is 5.76. The highest BCUT2D eigenvalue weighted by molar-refractivity contribution is 6.30. The van der Waals surface area contributed by atoms with E-state index < -0.39 is 0 Å². The summed E-state index contributed by atoms with van der Waals surface area (Å²) in [5.41, 5.74) is 1.14. The molecule has 0 aliphatic carbocycles. The first kappa shape index (κ1) is 8.26. The van der Waals surface area contributed by atoms with Gasteiger partial charge in [0.15, 0.2) is 0 Å². The molecular formula is C9H8ClN3. The van der Waals surface area contributed by atoms with E-state index in [0.29, 0.717) is 6.54 Å². The lowest BCUT2D eigenvalue weighted by Gasteiger charge is -1.99. The van der Waals surface area contributed by atoms with Crippen LogP contribution in [-0.4, -0.2) is 15.0 Å². The van der Waals surface area contributed by atoms with Gasteiger partial charge in [0, 0.05) is 5.02 Å². The summed E-state index contributed by atoms with van der Waals surface area (Å²) >= 11 is 5.76. The van der Waals surface area contributed by atoms with E-state index in [9.17, 15) is 0 Å². The third kappa shape index (κ3) is 2.06. The molecule has 1 aromatic carbocycles. The van der Waals surface area contributed by atoms with E-state index in [1.54, 1.807) is 17.2 Å². The van der Waals surface area contributed by atoms with Crippen molar-refractivity contribution in [3.8, 4) is 0 Å². The summed E-state index contributed by atoms with van der Waals surface area (Å²) in [5, 5.41) is 8.76. The summed E-state index contributed by atoms with van der Waals surface area (Å²) in [5.74, 6) is 0. The van der Waals surface area contributed by atoms with E-state index >= 15 is 0 Å². The first-order chi connectivity index (χ1) is 6.34. The summed E-state index contributed by atoms with van der Waals surface area (Å²) in [4.78, 5) is 1.63. The van der Waals surface area contributed by atoms with Crippen LogP contribution in [0.4, 0.5) is 0 Å². The van der Waals surface area contributed by atoms with E-state index in [-0.39, 0.29) is 0 Å². The Morgan fingerprint density at radius 2 is 1.69 bits per heavy atom. The van der Waals surface area contributed by atoms with Gasteiger partial charge in [-0.25, -0.2) is 0 Å². The van der Waals surface area contributed by atoms with E-state index in [4.69, 9.17) is 11.6 Å². The fraction of sp³-hybridized carbons (Fsp3) is 0.111. The Kier molecular flexibility index (Phi) is 2.27. The smallest absolute Gasteiger partial charge is 0.0857 e. The molecule has 2 aromatic rings. The number of aromatic nitrogens is 3. The predicted octanol–water partition coefficient (Wildman–Crippen LogP) is 1.98. The molecule has 0 fully saturated rings. The van der Waals surface area contributed by atoms with Crippen molar-refractivity contribution in [2.75, 3.05) is 0 Å². The van der Waals surface area contributed by atoms with Crippen molar-refractivity contribution in [2.24, 2.45) is 0 Å². The number of hydrogen-bond acceptors (Lipinski definition) is 2. The lowest BCUT2D eigenvalue weighted by atomic mass is 10.2. The number of nitrogens with zero attached hydrogens (tertiary/aromatic N) is 3. The Labute approximate surface area is 81.0 Å². The second-order valence-corrected chi connectivity index (χ2v) is 3.12. The van der Waals surface area contributed by atoms with Gasteiger partial charge in [-0.05, 0) is 17.7 Å². The topological polar surface area (TPSA) is 30.7 Å². The molecule has 13 heavy (non-hydrogen) atoms. The summed E-state index contributed by atoms with van der Waals surface area (Å²) in [7, 11) is 0. The van der Waals surface area contributed by atoms with Gasteiger partial charge in [-0.3, -0.25) is 0 Å². The highest BCUT2D eigenvalue weighted by atomic mass is 35.5. The Balaban J connectivity index is 2.15. The summed E-state index contributed by atoms with van der Waals surface area (Å²) < 4.78 is 0. The van der Waals surface area contributed by atoms with Crippen LogP contribution in [0, 0.1) is 0 Å². The number of halogens is 1. The Morgan fingerprint density at radius 3 is 2.31 bits per heavy atom. The van der Waals surface area contributed by atoms with Crippen molar-refractivity contribution in [3.63, 3.8) is 0 Å². The first-order valence-corrected chi connectivity index (χ1v) is 4.31. The molecule has 0 saturated carbocycles. The third-order valence-corrected chi connectivity index (χ3v) is 1.96. The van der Waals surface area contributed by atoms with Crippen LogP contribution >= 0.6 is 11.6 Å². The van der Waals surface area contributed by atoms with E-state index in [1.807, 2.05) is 24.3 Å². The molecule has 0 spiro atoms. The standard InChI is InChI=1S/C9H8ClN3/c10-9-3-1-8(2-4-9)7-13-11-5-6-12-13/h1-6H,7H2. The van der Waals surface area contributed by atoms with Crippen LogP contribution in [0.3, 0.4) is 0 Å². The molecule has 2 rings (SSSR count). The monoisotopic (exact) mass is 193 g/mol. The van der Waals surface area contributed by atoms with Gasteiger partial charge in [-0.1, -0.05) is 23.7 Å². The second kappa shape index (κ2) is 3.58. The van der Waals surface area contributed by atoms with Crippen molar-refractivity contribution >= 4 is 11.6 Å². The molecule has 66 valence electrons. The van der Waals surface area contributed by atoms with Crippen LogP contribution in [0.25, 0.3) is 0 Å². The van der Waals surface area contributed by atoms with Gasteiger partial charge in [0.25, 0.3) is 0 Å². The first-order valence-electron chi connectivity index (χ1n) is 3.93. The molecule has 1 heterocycles. The predicted molar refractivity (Wildman–Crippen MR) is 50.6 cm³/mol. The van der Waals surface area contributed by atoms with Crippen molar-refractivity contribution < 1.29 is 0 Å². The highest BCUT2D eigenvalue weighted by Gasteiger charge is 1.95. The average Bonchev–Trinajstić information content (AvgIpc) is 2.62. The van der Waals surface area contributed by atoms with Crippen molar-refractivity contribution in [1.29, 1.82) is 0 Å². The second-order valence-electron chi connectivity index (χ2n) is 2.69. The lowest BCUT2D eigenvalue weighted by Crippen LogP contribution is -2.02. The van der Waals surface area contributed by atoms with Gasteiger partial charge in [-0.2, -0.15) is 15.0 Å². The minimum Gasteiger partial charge on any atom is -0.180 e. The Morgan fingerprint density at radius 1 is 1.08 bits per heavy atom. The minimum atomic E-state index is 0.685. The molecule has 4 heteroatoms. The molecule has 0 unspecified atom stereocenters. The molecule has 0 radical (unpaired) electrons. The molecule has 0 N–H and O–H groups in total. The summed E-state index contributed by atoms with van der Waals surface area (Å²) in [6.45, 7) is 0.685. The van der Waals surface area contributed by atoms with Gasteiger partial charge in [0.1, 0.15) is 0 Å². The molecule has 0 aliphatic rings. The van der Waals surface area contributed by atoms with Gasteiger partial charge in [0.05, 0.1) is 18.9 Å². The fourth-order valence-electron chi connectivity index (χ4n) is 1.08. The largest absolute Gasteiger partial charge is 0.180 e. The fourth-order valence-corrected chi connectivity index (χ4v) is 1.20. The normalized spacial score (nSPS) is 10.2. The van der Waals surface area contributed by atoms with Crippen molar-refractivity contribution in [2.45, 2.75) is 6.54 Å². The summed E-state index contributed by atoms with van der Waals surface area (Å²) in [6.07, 6.45) is 3.33. The molecule has 3 nitrogen and oxygen atoms in total. The van der Waals surface area contributed by atoms with Crippen LogP contribution in [0.15, 0.2) is 36.7 Å². The average molecular weight is 194 g/mol. The third-order valence-electron chi connectivity index (χ3n) is 1.70. The number of benzene rings is 1. The Bertz CT molecular complexity index is 366. The zero-order valence-corrected chi connectivity index (χ0v) is 7.65. The van der Waals surface area contributed by atoms with E-state index in [0.717, 1.165) is 10.6 Å². The summed E-state index contributed by atoms with van der Waals surface area (Å²) in [6, 6.07) is 7.65. The number of rotatable bonds is 2. The molecule has 0 bridgehead atoms. The van der Waals surface area contributed by atoms with Crippen LogP contribution in [0.5, 0.6) is 0 Å². The number of hydrogen-bond donors (Lipinski definition) is 0. The van der Waals surface area contributed by atoms with E-state index in [1.165, 1.54) is 0 Å². The maximum Gasteiger partial charge on any atom is 0.0857 e. The zero-order chi connectivity index (χ0) is 9.10. The SMILES string of the molecule is Clc1ccc(Cn2nccn2)cc1. The van der Waals surface area contributed by atoms with Gasteiger partial charge < -0.3 is 0 Å². The molecule has 0 amide bonds. The highest BCUT2D eigenvalue weighted by Crippen LogP contribution is 2.09. The molecule has 0 atom stereocenters. The van der Waals surface area contributed by atoms with E-state index in [2.05, 4.69) is 10.2 Å². The quantitative estimate of drug-likeness (QED) is 0.730. The minimum absolute atomic E-state index is 0.685. The molecule has 1 aromatic heterocycles. The van der Waals surface area contributed by atoms with Gasteiger partial charge >= 0.3 is 0 Å². The molecule has 0 aliphatic heterocycles. The van der Waals surface area contributed by atoms with Crippen LogP contribution in [0.1, 0.15) is 5.56 Å². The maximum absolute atomic E-state index is 5.76. The van der Waals surface area contributed by atoms with Crippen LogP contribution < -0.4 is 0 Å². The Hall–Kier alpha value is -1.35. The van der Waals surface area contributed by atoms with Gasteiger partial charge in [-0.15, -0.1) is 0 Å². The van der Waals surface area contributed by atoms with Crippen LogP contribution in [-0.2, 0) is 6.54 Å². The zero-order valence-electron chi connectivity index (χ0n) is 6.89. The van der Waals surface area contributed by atoms with Gasteiger partial charge in [0.2, 0.25) is 0 Å². The molecular weight excluding hydrogens is 186 g/mol. The lowest BCUT2D eigenvalue weighted by molar-refractivity contribution is 0.591.